The Balaban J connectivity index is 1.33. The molecule has 1 aliphatic carbocycles. The molecule has 0 unspecified atom stereocenters. The third-order valence-corrected chi connectivity index (χ3v) is 9.48. The molecule has 0 N–H and O–H groups in total. The number of fused-ring (bicyclic) bond motifs is 4. The number of hydrogen-bond donors (Lipinski definition) is 0. The van der Waals surface area contributed by atoms with Crippen molar-refractivity contribution in [3.05, 3.63) is 186 Å². The highest BCUT2D eigenvalue weighted by atomic mass is 15.1. The lowest BCUT2D eigenvalue weighted by molar-refractivity contribution is 0.660. The summed E-state index contributed by atoms with van der Waals surface area (Å²) in [4.78, 5) is 2.45. The molecule has 0 bridgehead atoms. The summed E-state index contributed by atoms with van der Waals surface area (Å²) in [6.07, 6.45) is 0.845. The van der Waals surface area contributed by atoms with Gasteiger partial charge in [-0.1, -0.05) is 147 Å². The molecule has 0 aromatic heterocycles. The van der Waals surface area contributed by atoms with Gasteiger partial charge in [0.1, 0.15) is 0 Å². The molecule has 0 heterocycles. The van der Waals surface area contributed by atoms with Gasteiger partial charge in [-0.05, 0) is 86.5 Å². The van der Waals surface area contributed by atoms with Gasteiger partial charge in [0.2, 0.25) is 0 Å². The van der Waals surface area contributed by atoms with Gasteiger partial charge in [0.05, 0.1) is 5.69 Å². The van der Waals surface area contributed by atoms with Gasteiger partial charge in [-0.3, -0.25) is 0 Å². The van der Waals surface area contributed by atoms with Crippen molar-refractivity contribution < 1.29 is 0 Å². The van der Waals surface area contributed by atoms with Crippen molar-refractivity contribution in [1.29, 1.82) is 0 Å². The van der Waals surface area contributed by atoms with Gasteiger partial charge < -0.3 is 4.90 Å². The van der Waals surface area contributed by atoms with E-state index in [0.29, 0.717) is 0 Å². The minimum absolute atomic E-state index is 0.0789. The highest BCUT2D eigenvalue weighted by molar-refractivity contribution is 5.92. The number of rotatable bonds is 6. The first kappa shape index (κ1) is 27.2. The van der Waals surface area contributed by atoms with Crippen molar-refractivity contribution in [2.45, 2.75) is 25.7 Å². The minimum atomic E-state index is -0.0789. The van der Waals surface area contributed by atoms with Crippen LogP contribution in [0.25, 0.3) is 33.0 Å². The molecule has 1 aliphatic rings. The SMILES string of the molecule is CC1(C)c2ccccc2-c2ccc(N(c3ccccc3)c3cccc(Cc4ccc5ccccc5c4)c3-c3ccccc3)cc21. The van der Waals surface area contributed by atoms with E-state index in [2.05, 4.69) is 183 Å². The van der Waals surface area contributed by atoms with Crippen LogP contribution in [0.5, 0.6) is 0 Å². The van der Waals surface area contributed by atoms with E-state index in [1.165, 1.54) is 66.7 Å². The Morgan fingerprint density at radius 2 is 1.18 bits per heavy atom. The van der Waals surface area contributed by atoms with Crippen molar-refractivity contribution >= 4 is 27.8 Å². The molecule has 0 saturated heterocycles. The van der Waals surface area contributed by atoms with E-state index in [0.717, 1.165) is 12.1 Å². The molecular formula is C44H35N. The Kier molecular flexibility index (Phi) is 6.61. The molecule has 0 aliphatic heterocycles. The van der Waals surface area contributed by atoms with Crippen LogP contribution in [-0.4, -0.2) is 0 Å². The van der Waals surface area contributed by atoms with Crippen LogP contribution in [0.4, 0.5) is 17.1 Å². The Morgan fingerprint density at radius 3 is 2.00 bits per heavy atom. The standard InChI is InChI=1S/C44H35N/c1-44(2)40-22-12-11-21-38(40)39-27-26-37(30-41(39)44)45(36-19-7-4-8-20-36)42-23-13-18-35(43(42)33-15-5-3-6-16-33)29-31-24-25-32-14-9-10-17-34(32)28-31/h3-28,30H,29H2,1-2H3. The van der Waals surface area contributed by atoms with Crippen molar-refractivity contribution in [3.63, 3.8) is 0 Å². The zero-order valence-corrected chi connectivity index (χ0v) is 25.7. The highest BCUT2D eigenvalue weighted by Crippen LogP contribution is 2.51. The maximum atomic E-state index is 2.45. The first-order valence-electron chi connectivity index (χ1n) is 15.8. The Hall–Kier alpha value is -5.40. The van der Waals surface area contributed by atoms with Gasteiger partial charge in [0.15, 0.2) is 0 Å². The maximum absolute atomic E-state index is 2.45. The monoisotopic (exact) mass is 577 g/mol. The van der Waals surface area contributed by atoms with Crippen molar-refractivity contribution in [1.82, 2.24) is 0 Å². The van der Waals surface area contributed by atoms with E-state index in [9.17, 15) is 0 Å². The van der Waals surface area contributed by atoms with Crippen molar-refractivity contribution in [2.75, 3.05) is 4.90 Å². The molecule has 1 nitrogen and oxygen atoms in total. The van der Waals surface area contributed by atoms with Crippen LogP contribution in [0.15, 0.2) is 164 Å². The lowest BCUT2D eigenvalue weighted by Crippen LogP contribution is -2.17. The summed E-state index contributed by atoms with van der Waals surface area (Å²) in [7, 11) is 0. The van der Waals surface area contributed by atoms with Gasteiger partial charge in [-0.15, -0.1) is 0 Å². The van der Waals surface area contributed by atoms with Crippen LogP contribution < -0.4 is 4.90 Å². The predicted octanol–water partition coefficient (Wildman–Crippen LogP) is 11.9. The van der Waals surface area contributed by atoms with Crippen LogP contribution in [0.3, 0.4) is 0 Å². The van der Waals surface area contributed by atoms with Crippen molar-refractivity contribution in [3.8, 4) is 22.3 Å². The summed E-state index contributed by atoms with van der Waals surface area (Å²) in [6, 6.07) is 59.9. The molecule has 0 saturated carbocycles. The number of nitrogens with zero attached hydrogens (tertiary/aromatic N) is 1. The number of benzene rings is 7. The summed E-state index contributed by atoms with van der Waals surface area (Å²) in [6.45, 7) is 4.71. The molecule has 1 heteroatoms. The van der Waals surface area contributed by atoms with Gasteiger partial charge in [-0.2, -0.15) is 0 Å². The maximum Gasteiger partial charge on any atom is 0.0542 e. The van der Waals surface area contributed by atoms with Crippen molar-refractivity contribution in [2.24, 2.45) is 0 Å². The van der Waals surface area contributed by atoms with Gasteiger partial charge in [0, 0.05) is 22.4 Å². The number of anilines is 3. The molecular weight excluding hydrogens is 542 g/mol. The molecule has 216 valence electrons. The summed E-state index contributed by atoms with van der Waals surface area (Å²) >= 11 is 0. The molecule has 7 aromatic rings. The first-order valence-corrected chi connectivity index (χ1v) is 15.8. The van der Waals surface area contributed by atoms with E-state index >= 15 is 0 Å². The third kappa shape index (κ3) is 4.73. The summed E-state index contributed by atoms with van der Waals surface area (Å²) < 4.78 is 0. The average molecular weight is 578 g/mol. The van der Waals surface area contributed by atoms with Crippen LogP contribution >= 0.6 is 0 Å². The second-order valence-electron chi connectivity index (χ2n) is 12.6. The fourth-order valence-corrected chi connectivity index (χ4v) is 7.26. The predicted molar refractivity (Wildman–Crippen MR) is 191 cm³/mol. The molecule has 7 aromatic carbocycles. The fraction of sp³-hybridized carbons (Fsp3) is 0.0909. The average Bonchev–Trinajstić information content (AvgIpc) is 3.32. The van der Waals surface area contributed by atoms with Crippen LogP contribution in [0.1, 0.15) is 36.1 Å². The van der Waals surface area contributed by atoms with E-state index in [1.807, 2.05) is 0 Å². The van der Waals surface area contributed by atoms with E-state index in [1.54, 1.807) is 0 Å². The number of para-hydroxylation sites is 1. The summed E-state index contributed by atoms with van der Waals surface area (Å²) in [5, 5.41) is 2.55. The quantitative estimate of drug-likeness (QED) is 0.190. The second-order valence-corrected chi connectivity index (χ2v) is 12.6. The molecule has 0 spiro atoms. The van der Waals surface area contributed by atoms with Gasteiger partial charge in [0.25, 0.3) is 0 Å². The molecule has 45 heavy (non-hydrogen) atoms. The number of hydrogen-bond acceptors (Lipinski definition) is 1. The Labute approximate surface area is 266 Å². The Morgan fingerprint density at radius 1 is 0.489 bits per heavy atom. The second kappa shape index (κ2) is 10.9. The topological polar surface area (TPSA) is 3.24 Å². The third-order valence-electron chi connectivity index (χ3n) is 9.48. The summed E-state index contributed by atoms with van der Waals surface area (Å²) in [5.41, 5.74) is 14.0. The van der Waals surface area contributed by atoms with Gasteiger partial charge >= 0.3 is 0 Å². The van der Waals surface area contributed by atoms with E-state index in [-0.39, 0.29) is 5.41 Å². The first-order chi connectivity index (χ1) is 22.1. The minimum Gasteiger partial charge on any atom is -0.310 e. The molecule has 8 rings (SSSR count). The summed E-state index contributed by atoms with van der Waals surface area (Å²) in [5.74, 6) is 0. The largest absolute Gasteiger partial charge is 0.310 e. The van der Waals surface area contributed by atoms with E-state index < -0.39 is 0 Å². The Bertz CT molecular complexity index is 2160. The lowest BCUT2D eigenvalue weighted by Gasteiger charge is -2.30. The normalized spacial score (nSPS) is 12.9. The van der Waals surface area contributed by atoms with E-state index in [4.69, 9.17) is 0 Å². The zero-order chi connectivity index (χ0) is 30.4. The zero-order valence-electron chi connectivity index (χ0n) is 25.7. The fourth-order valence-electron chi connectivity index (χ4n) is 7.26. The molecule has 0 amide bonds. The van der Waals surface area contributed by atoms with Crippen LogP contribution in [-0.2, 0) is 11.8 Å². The van der Waals surface area contributed by atoms with Crippen LogP contribution in [0, 0.1) is 0 Å². The van der Waals surface area contributed by atoms with Gasteiger partial charge in [-0.25, -0.2) is 0 Å². The highest BCUT2D eigenvalue weighted by Gasteiger charge is 2.35. The molecule has 0 fully saturated rings. The molecule has 0 atom stereocenters. The lowest BCUT2D eigenvalue weighted by atomic mass is 9.82. The van der Waals surface area contributed by atoms with Crippen LogP contribution in [0.2, 0.25) is 0 Å². The molecule has 0 radical (unpaired) electrons. The smallest absolute Gasteiger partial charge is 0.0542 e.